The zero-order valence-electron chi connectivity index (χ0n) is 7.25. The van der Waals surface area contributed by atoms with Gasteiger partial charge in [0.15, 0.2) is 5.82 Å². The molecule has 1 aliphatic rings. The molecule has 2 rings (SSSR count). The van der Waals surface area contributed by atoms with Crippen LogP contribution in [0.5, 0.6) is 0 Å². The van der Waals surface area contributed by atoms with Crippen LogP contribution in [0.2, 0.25) is 0 Å². The molecule has 0 N–H and O–H groups in total. The molecule has 1 aromatic rings. The lowest BCUT2D eigenvalue weighted by Gasteiger charge is -2.22. The number of tetrazole rings is 1. The van der Waals surface area contributed by atoms with Crippen LogP contribution in [0.15, 0.2) is 0 Å². The zero-order valence-corrected chi connectivity index (χ0v) is 11.5. The van der Waals surface area contributed by atoms with Gasteiger partial charge in [-0.1, -0.05) is 14.9 Å². The molecule has 1 aromatic heterocycles. The van der Waals surface area contributed by atoms with Crippen LogP contribution in [0.3, 0.4) is 0 Å². The van der Waals surface area contributed by atoms with Crippen molar-refractivity contribution in [3.63, 3.8) is 0 Å². The molecule has 0 aliphatic carbocycles. The van der Waals surface area contributed by atoms with Crippen LogP contribution in [0.4, 0.5) is 0 Å². The van der Waals surface area contributed by atoms with Gasteiger partial charge in [0.2, 0.25) is 0 Å². The molecule has 6 atom stereocenters. The summed E-state index contributed by atoms with van der Waals surface area (Å²) in [5, 5.41) is 11.8. The molecule has 0 aromatic carbocycles. The van der Waals surface area contributed by atoms with Gasteiger partial charge in [-0.05, 0) is 23.6 Å². The first-order valence-corrected chi connectivity index (χ1v) is 10.7. The van der Waals surface area contributed by atoms with Gasteiger partial charge in [-0.25, -0.2) is 4.68 Å². The minimum Gasteiger partial charge on any atom is -0.221 e. The maximum Gasteiger partial charge on any atom is 0.152 e. The van der Waals surface area contributed by atoms with Crippen molar-refractivity contribution < 1.29 is 0 Å². The van der Waals surface area contributed by atoms with Crippen molar-refractivity contribution in [3.05, 3.63) is 5.82 Å². The third-order valence-corrected chi connectivity index (χ3v) is 13.2. The highest BCUT2D eigenvalue weighted by Gasteiger charge is 2.34. The Morgan fingerprint density at radius 2 is 2.46 bits per heavy atom. The van der Waals surface area contributed by atoms with Gasteiger partial charge in [0.05, 0.1) is 5.78 Å². The van der Waals surface area contributed by atoms with E-state index in [1.54, 1.807) is 0 Å². The molecule has 0 saturated heterocycles. The summed E-state index contributed by atoms with van der Waals surface area (Å²) in [6.07, 6.45) is 1.03. The Labute approximate surface area is 84.6 Å². The predicted molar refractivity (Wildman–Crippen MR) is 64.4 cm³/mol. The Kier molecular flexibility index (Phi) is 3.26. The first-order chi connectivity index (χ1) is 6.24. The highest BCUT2D eigenvalue weighted by atomic mass is 32.6. The Balaban J connectivity index is 2.28. The minimum atomic E-state index is -0.0518. The summed E-state index contributed by atoms with van der Waals surface area (Å²) in [6.45, 7) is 2.27. The lowest BCUT2D eigenvalue weighted by Crippen LogP contribution is -2.07. The van der Waals surface area contributed by atoms with Crippen LogP contribution in [0.25, 0.3) is 0 Å². The lowest BCUT2D eigenvalue weighted by atomic mass is 10.1. The molecular formula is C5H12N4P4. The van der Waals surface area contributed by atoms with Gasteiger partial charge in [-0.15, -0.1) is 23.0 Å². The van der Waals surface area contributed by atoms with Crippen molar-refractivity contribution in [2.45, 2.75) is 19.1 Å². The fourth-order valence-electron chi connectivity index (χ4n) is 1.65. The Morgan fingerprint density at radius 3 is 3.15 bits per heavy atom. The van der Waals surface area contributed by atoms with E-state index in [9.17, 15) is 0 Å². The second-order valence-corrected chi connectivity index (χ2v) is 12.6. The van der Waals surface area contributed by atoms with E-state index >= 15 is 0 Å². The van der Waals surface area contributed by atoms with Crippen molar-refractivity contribution in [1.82, 2.24) is 20.2 Å². The van der Waals surface area contributed by atoms with Crippen molar-refractivity contribution in [2.24, 2.45) is 5.92 Å². The van der Waals surface area contributed by atoms with Gasteiger partial charge in [-0.3, -0.25) is 0 Å². The first kappa shape index (κ1) is 10.3. The molecule has 8 heteroatoms. The van der Waals surface area contributed by atoms with E-state index in [1.807, 2.05) is 4.68 Å². The second kappa shape index (κ2) is 4.11. The van der Waals surface area contributed by atoms with Crippen LogP contribution in [-0.2, 0) is 6.42 Å². The Morgan fingerprint density at radius 1 is 1.69 bits per heavy atom. The smallest absolute Gasteiger partial charge is 0.152 e. The van der Waals surface area contributed by atoms with E-state index < -0.39 is 0 Å². The van der Waals surface area contributed by atoms with E-state index in [1.165, 1.54) is 0 Å². The van der Waals surface area contributed by atoms with Crippen molar-refractivity contribution in [2.75, 3.05) is 0 Å². The Hall–Kier alpha value is 0.790. The van der Waals surface area contributed by atoms with Crippen molar-refractivity contribution in [1.29, 1.82) is 0 Å². The van der Waals surface area contributed by atoms with E-state index in [4.69, 9.17) is 0 Å². The maximum atomic E-state index is 4.05. The van der Waals surface area contributed by atoms with E-state index in [2.05, 4.69) is 40.3 Å². The van der Waals surface area contributed by atoms with Crippen molar-refractivity contribution in [3.8, 4) is 0 Å². The van der Waals surface area contributed by atoms with Crippen molar-refractivity contribution >= 4 is 33.1 Å². The summed E-state index contributed by atoms with van der Waals surface area (Å²) in [5.41, 5.74) is 0. The topological polar surface area (TPSA) is 43.6 Å². The molecule has 0 fully saturated rings. The van der Waals surface area contributed by atoms with Gasteiger partial charge >= 0.3 is 0 Å². The Bertz CT molecular complexity index is 302. The number of hydrogen-bond acceptors (Lipinski definition) is 3. The van der Waals surface area contributed by atoms with Crippen LogP contribution in [-0.4, -0.2) is 20.2 Å². The third kappa shape index (κ3) is 1.80. The monoisotopic (exact) mass is 252 g/mol. The molecule has 1 aliphatic heterocycles. The first-order valence-electron chi connectivity index (χ1n) is 4.01. The molecule has 4 nitrogen and oxygen atoms in total. The van der Waals surface area contributed by atoms with Gasteiger partial charge < -0.3 is 0 Å². The quantitative estimate of drug-likeness (QED) is 0.756. The molecule has 2 heterocycles. The minimum absolute atomic E-state index is 0.0518. The summed E-state index contributed by atoms with van der Waals surface area (Å²) in [6, 6.07) is 0. The van der Waals surface area contributed by atoms with Crippen LogP contribution >= 0.6 is 33.1 Å². The summed E-state index contributed by atoms with van der Waals surface area (Å²) in [7, 11) is 6.64. The molecular weight excluding hydrogens is 240 g/mol. The van der Waals surface area contributed by atoms with Gasteiger partial charge in [0.1, 0.15) is 0 Å². The normalized spacial score (nSPS) is 29.8. The van der Waals surface area contributed by atoms with Gasteiger partial charge in [0, 0.05) is 6.42 Å². The van der Waals surface area contributed by atoms with E-state index in [0.717, 1.165) is 20.2 Å². The van der Waals surface area contributed by atoms with Gasteiger partial charge in [0.25, 0.3) is 0 Å². The summed E-state index contributed by atoms with van der Waals surface area (Å²) < 4.78 is 2.01. The van der Waals surface area contributed by atoms with Crippen LogP contribution < -0.4 is 0 Å². The molecule has 72 valence electrons. The molecule has 0 amide bonds. The number of fused-ring (bicyclic) bond motifs is 1. The average Bonchev–Trinajstić information content (AvgIpc) is 2.62. The zero-order chi connectivity index (χ0) is 9.42. The highest BCUT2D eigenvalue weighted by molar-refractivity contribution is 8.61. The van der Waals surface area contributed by atoms with Crippen LogP contribution in [0.1, 0.15) is 18.5 Å². The van der Waals surface area contributed by atoms with E-state index in [-0.39, 0.29) is 7.30 Å². The summed E-state index contributed by atoms with van der Waals surface area (Å²) >= 11 is 0. The summed E-state index contributed by atoms with van der Waals surface area (Å²) in [5.74, 6) is 2.24. The average molecular weight is 252 g/mol. The molecule has 0 radical (unpaired) electrons. The fourth-order valence-corrected chi connectivity index (χ4v) is 7.06. The molecule has 0 spiro atoms. The maximum absolute atomic E-state index is 4.05. The number of aromatic nitrogens is 4. The molecule has 13 heavy (non-hydrogen) atoms. The van der Waals surface area contributed by atoms with Gasteiger partial charge in [-0.2, -0.15) is 0 Å². The molecule has 6 unspecified atom stereocenters. The molecule has 0 saturated carbocycles. The lowest BCUT2D eigenvalue weighted by molar-refractivity contribution is 0.493. The summed E-state index contributed by atoms with van der Waals surface area (Å²) in [4.78, 5) is 0. The molecule has 0 bridgehead atoms. The largest absolute Gasteiger partial charge is 0.221 e. The fraction of sp³-hybridized carbons (Fsp3) is 0.800. The number of hydrogen-bond donors (Lipinski definition) is 0. The second-order valence-electron chi connectivity index (χ2n) is 3.17. The highest BCUT2D eigenvalue weighted by Crippen LogP contribution is 2.75. The standard InChI is InChI=1S/C5H12N4P4/c1-3-2-4-6-7-8-9(4)5(3)13(11)12-10/h3,5,12H,2,10-11H2,1H3. The number of nitrogens with zero attached hydrogens (tertiary/aromatic N) is 4. The van der Waals surface area contributed by atoms with E-state index in [0.29, 0.717) is 11.7 Å². The SMILES string of the molecule is CC1Cc2nnnn2C1P(P)PP. The third-order valence-electron chi connectivity index (χ3n) is 2.26. The van der Waals surface area contributed by atoms with Crippen LogP contribution in [0, 0.1) is 5.92 Å². The predicted octanol–water partition coefficient (Wildman–Crippen LogP) is 2.02. The number of rotatable bonds is 2.